The molecule has 1 heterocycles. The van der Waals surface area contributed by atoms with Crippen molar-refractivity contribution in [2.75, 3.05) is 13.1 Å². The van der Waals surface area contributed by atoms with Gasteiger partial charge in [0.25, 0.3) is 5.91 Å². The Kier molecular flexibility index (Phi) is 15.2. The smallest absolute Gasteiger partial charge is 0.336 e. The second kappa shape index (κ2) is 20.1. The van der Waals surface area contributed by atoms with Crippen LogP contribution in [0.2, 0.25) is 0 Å². The third kappa shape index (κ3) is 12.0. The van der Waals surface area contributed by atoms with E-state index in [-0.39, 0.29) is 42.3 Å². The fourth-order valence-electron chi connectivity index (χ4n) is 8.08. The molecule has 2 saturated carbocycles. The number of carbonyl (C=O) groups is 7. The average molecular weight is 833 g/mol. The van der Waals surface area contributed by atoms with Crippen LogP contribution in [0.3, 0.4) is 0 Å². The van der Waals surface area contributed by atoms with Gasteiger partial charge in [0.2, 0.25) is 29.4 Å². The first-order chi connectivity index (χ1) is 28.5. The Balaban J connectivity index is 1.34. The fraction of sp³-hybridized carbons (Fsp3) is 0.523. The topological polar surface area (TPSA) is 226 Å². The first-order valence-corrected chi connectivity index (χ1v) is 20.7. The molecule has 7 N–H and O–H groups in total. The SMILES string of the molecule is CCCC(NC(=O)[C@@H]1C[C@@H](OC(C)(C)C)CN1C(=O)[C@@H](NC(=C1CC1)c1ccccc1C(=O)O)C1CCCCC1)C(=O)C(=O)NCC(=O)NC(C(N)=O)c1cccc(F)c1. The van der Waals surface area contributed by atoms with E-state index in [1.807, 2.05) is 20.8 Å². The van der Waals surface area contributed by atoms with Crippen LogP contribution in [0.15, 0.2) is 54.1 Å². The standard InChI is InChI=1S/C44H57FN6O9/c1-5-12-32(38(53)41(56)47-23-34(52)49-36(39(46)54)27-15-11-16-28(45)21-27)48-40(55)33-22-29(60-44(2,3)4)24-51(33)42(57)37(25-13-7-6-8-14-25)50-35(26-19-20-26)30-17-9-10-18-31(30)43(58)59/h9-11,15-18,21,25,29,32-33,36-37,50H,5-8,12-14,19-20,22-24H2,1-4H3,(H2,46,54)(H,47,56)(H,48,55)(H,49,52)(H,58,59)/t29-,32?,33+,36?,37+/m1/s1. The summed E-state index contributed by atoms with van der Waals surface area (Å²) < 4.78 is 20.1. The summed E-state index contributed by atoms with van der Waals surface area (Å²) in [5, 5.41) is 20.8. The van der Waals surface area contributed by atoms with Crippen molar-refractivity contribution in [3.8, 4) is 0 Å². The summed E-state index contributed by atoms with van der Waals surface area (Å²) in [5.41, 5.74) is 7.13. The molecule has 2 aromatic carbocycles. The van der Waals surface area contributed by atoms with E-state index < -0.39 is 83.6 Å². The average Bonchev–Trinajstić information content (AvgIpc) is 3.96. The number of nitrogens with two attached hydrogens (primary N) is 1. The lowest BCUT2D eigenvalue weighted by Gasteiger charge is -2.36. The van der Waals surface area contributed by atoms with Gasteiger partial charge in [0, 0.05) is 24.2 Å². The van der Waals surface area contributed by atoms with Crippen molar-refractivity contribution in [2.24, 2.45) is 11.7 Å². The molecule has 5 amide bonds. The van der Waals surface area contributed by atoms with E-state index in [1.165, 1.54) is 23.1 Å². The van der Waals surface area contributed by atoms with Gasteiger partial charge in [0.05, 0.1) is 29.9 Å². The molecule has 0 aromatic heterocycles. The van der Waals surface area contributed by atoms with Crippen LogP contribution in [0.25, 0.3) is 5.70 Å². The zero-order valence-corrected chi connectivity index (χ0v) is 34.7. The van der Waals surface area contributed by atoms with Gasteiger partial charge in [0.15, 0.2) is 0 Å². The number of ether oxygens (including phenoxy) is 1. The lowest BCUT2D eigenvalue weighted by atomic mass is 9.82. The number of hydrogen-bond acceptors (Lipinski definition) is 9. The number of benzene rings is 2. The molecule has 0 bridgehead atoms. The molecule has 0 radical (unpaired) electrons. The molecule has 5 atom stereocenters. The third-order valence-electron chi connectivity index (χ3n) is 11.0. The van der Waals surface area contributed by atoms with Gasteiger partial charge in [-0.05, 0) is 88.1 Å². The molecule has 3 fully saturated rings. The number of nitrogens with one attached hydrogen (secondary N) is 4. The van der Waals surface area contributed by atoms with E-state index in [0.717, 1.165) is 62.7 Å². The van der Waals surface area contributed by atoms with Gasteiger partial charge in [0.1, 0.15) is 23.9 Å². The number of ketones is 1. The minimum absolute atomic E-state index is 0.0717. The number of carboxylic acid groups (broad SMARTS) is 1. The van der Waals surface area contributed by atoms with Crippen molar-refractivity contribution in [1.29, 1.82) is 0 Å². The monoisotopic (exact) mass is 832 g/mol. The number of nitrogens with zero attached hydrogens (tertiary/aromatic N) is 1. The minimum atomic E-state index is -1.40. The lowest BCUT2D eigenvalue weighted by molar-refractivity contribution is -0.143. The predicted octanol–water partition coefficient (Wildman–Crippen LogP) is 3.66. The highest BCUT2D eigenvalue weighted by Crippen LogP contribution is 2.38. The van der Waals surface area contributed by atoms with Gasteiger partial charge in [-0.25, -0.2) is 9.18 Å². The molecular weight excluding hydrogens is 776 g/mol. The molecule has 324 valence electrons. The summed E-state index contributed by atoms with van der Waals surface area (Å²) in [7, 11) is 0. The third-order valence-corrected chi connectivity index (χ3v) is 11.0. The van der Waals surface area contributed by atoms with Crippen molar-refractivity contribution in [1.82, 2.24) is 26.2 Å². The number of carboxylic acids is 1. The summed E-state index contributed by atoms with van der Waals surface area (Å²) in [6.45, 7) is 6.74. The molecule has 1 aliphatic heterocycles. The summed E-state index contributed by atoms with van der Waals surface area (Å²) in [6.07, 6.45) is 5.92. The number of halogens is 1. The Labute approximate surface area is 349 Å². The molecule has 1 saturated heterocycles. The first-order valence-electron chi connectivity index (χ1n) is 20.7. The van der Waals surface area contributed by atoms with Gasteiger partial charge in [-0.2, -0.15) is 0 Å². The van der Waals surface area contributed by atoms with Gasteiger partial charge in [-0.3, -0.25) is 28.8 Å². The van der Waals surface area contributed by atoms with Gasteiger partial charge < -0.3 is 41.7 Å². The number of likely N-dealkylation sites (tertiary alicyclic amines) is 1. The molecule has 2 unspecified atom stereocenters. The van der Waals surface area contributed by atoms with E-state index in [1.54, 1.807) is 25.1 Å². The number of Topliss-reactive ketones (excluding diaryl/α,β-unsaturated/α-hetero) is 1. The Morgan fingerprint density at radius 1 is 0.933 bits per heavy atom. The van der Waals surface area contributed by atoms with Crippen molar-refractivity contribution in [2.45, 2.75) is 128 Å². The van der Waals surface area contributed by atoms with Crippen molar-refractivity contribution >= 4 is 47.0 Å². The van der Waals surface area contributed by atoms with Crippen LogP contribution in [-0.2, 0) is 33.5 Å². The maximum atomic E-state index is 15.0. The summed E-state index contributed by atoms with van der Waals surface area (Å²) in [5.74, 6) is -6.88. The van der Waals surface area contributed by atoms with E-state index in [0.29, 0.717) is 17.7 Å². The maximum Gasteiger partial charge on any atom is 0.336 e. The number of amides is 5. The van der Waals surface area contributed by atoms with E-state index in [4.69, 9.17) is 10.5 Å². The van der Waals surface area contributed by atoms with E-state index in [9.17, 15) is 38.3 Å². The molecular formula is C44H57FN6O9. The highest BCUT2D eigenvalue weighted by atomic mass is 19.1. The largest absolute Gasteiger partial charge is 0.478 e. The Morgan fingerprint density at radius 3 is 2.22 bits per heavy atom. The zero-order valence-electron chi connectivity index (χ0n) is 34.7. The van der Waals surface area contributed by atoms with E-state index in [2.05, 4.69) is 21.3 Å². The van der Waals surface area contributed by atoms with Crippen LogP contribution in [0.4, 0.5) is 4.39 Å². The number of hydrogen-bond donors (Lipinski definition) is 6. The molecule has 5 rings (SSSR count). The van der Waals surface area contributed by atoms with Crippen LogP contribution >= 0.6 is 0 Å². The van der Waals surface area contributed by atoms with Gasteiger partial charge in [-0.1, -0.05) is 62.9 Å². The summed E-state index contributed by atoms with van der Waals surface area (Å²) in [6, 6.07) is 7.03. The molecule has 2 aliphatic carbocycles. The Hall–Kier alpha value is -5.64. The molecule has 60 heavy (non-hydrogen) atoms. The number of aromatic carboxylic acids is 1. The number of carbonyl (C=O) groups excluding carboxylic acids is 6. The Bertz CT molecular complexity index is 1990. The minimum Gasteiger partial charge on any atom is -0.478 e. The highest BCUT2D eigenvalue weighted by Gasteiger charge is 2.46. The summed E-state index contributed by atoms with van der Waals surface area (Å²) >= 11 is 0. The first kappa shape index (κ1) is 45.4. The lowest BCUT2D eigenvalue weighted by Crippen LogP contribution is -2.57. The van der Waals surface area contributed by atoms with Gasteiger partial charge in [-0.15, -0.1) is 0 Å². The molecule has 2 aromatic rings. The van der Waals surface area contributed by atoms with Crippen LogP contribution in [0.5, 0.6) is 0 Å². The van der Waals surface area contributed by atoms with Crippen LogP contribution < -0.4 is 27.0 Å². The zero-order chi connectivity index (χ0) is 43.7. The van der Waals surface area contributed by atoms with Crippen LogP contribution in [-0.4, -0.2) is 94.2 Å². The normalized spacial score (nSPS) is 19.4. The molecule has 3 aliphatic rings. The molecule has 0 spiro atoms. The Morgan fingerprint density at radius 2 is 1.62 bits per heavy atom. The quantitative estimate of drug-likeness (QED) is 0.120. The van der Waals surface area contributed by atoms with Crippen LogP contribution in [0, 0.1) is 11.7 Å². The number of allylic oxidation sites excluding steroid dienone is 1. The van der Waals surface area contributed by atoms with Crippen molar-refractivity contribution < 1.29 is 47.8 Å². The predicted molar refractivity (Wildman–Crippen MR) is 219 cm³/mol. The molecule has 15 nitrogen and oxygen atoms in total. The number of rotatable bonds is 18. The highest BCUT2D eigenvalue weighted by molar-refractivity contribution is 6.38. The second-order valence-corrected chi connectivity index (χ2v) is 16.8. The van der Waals surface area contributed by atoms with E-state index >= 15 is 4.79 Å². The van der Waals surface area contributed by atoms with Crippen LogP contribution in [0.1, 0.15) is 119 Å². The van der Waals surface area contributed by atoms with Crippen molar-refractivity contribution in [3.63, 3.8) is 0 Å². The fourth-order valence-corrected chi connectivity index (χ4v) is 8.08. The summed E-state index contributed by atoms with van der Waals surface area (Å²) in [4.78, 5) is 94.5. The molecule has 16 heteroatoms. The maximum absolute atomic E-state index is 15.0. The van der Waals surface area contributed by atoms with Gasteiger partial charge >= 0.3 is 5.97 Å². The van der Waals surface area contributed by atoms with Crippen molar-refractivity contribution in [3.05, 3.63) is 76.6 Å². The number of primary amides is 1. The second-order valence-electron chi connectivity index (χ2n) is 16.8.